The standard InChI is InChI=1S/C14H9ClFN3O4/c15-12-7-9(16)3-6-11(12)14(21)18-17-13(20)8-1-4-10(5-2-8)19(22)23/h1-7H,(H,17,20)(H,18,21). The van der Waals surface area contributed by atoms with Crippen LogP contribution in [0.2, 0.25) is 5.02 Å². The fourth-order valence-corrected chi connectivity index (χ4v) is 1.91. The van der Waals surface area contributed by atoms with Crippen LogP contribution in [-0.2, 0) is 0 Å². The van der Waals surface area contributed by atoms with Crippen LogP contribution < -0.4 is 10.9 Å². The first-order chi connectivity index (χ1) is 10.9. The van der Waals surface area contributed by atoms with Crippen molar-refractivity contribution in [1.82, 2.24) is 10.9 Å². The van der Waals surface area contributed by atoms with Gasteiger partial charge in [-0.3, -0.25) is 30.6 Å². The highest BCUT2D eigenvalue weighted by atomic mass is 35.5. The second-order valence-electron chi connectivity index (χ2n) is 4.34. The highest BCUT2D eigenvalue weighted by Crippen LogP contribution is 2.17. The maximum absolute atomic E-state index is 12.9. The minimum Gasteiger partial charge on any atom is -0.267 e. The number of hydrogen-bond acceptors (Lipinski definition) is 4. The molecular formula is C14H9ClFN3O4. The molecule has 2 aromatic rings. The third kappa shape index (κ3) is 4.01. The normalized spacial score (nSPS) is 10.0. The van der Waals surface area contributed by atoms with Crippen LogP contribution >= 0.6 is 11.6 Å². The van der Waals surface area contributed by atoms with Gasteiger partial charge in [0.25, 0.3) is 17.5 Å². The Hall–Kier alpha value is -3.00. The molecule has 2 N–H and O–H groups in total. The average Bonchev–Trinajstić information content (AvgIpc) is 2.52. The Morgan fingerprint density at radius 2 is 1.65 bits per heavy atom. The van der Waals surface area contributed by atoms with E-state index in [0.29, 0.717) is 0 Å². The van der Waals surface area contributed by atoms with Crippen molar-refractivity contribution in [3.63, 3.8) is 0 Å². The van der Waals surface area contributed by atoms with E-state index >= 15 is 0 Å². The molecule has 0 saturated carbocycles. The molecule has 23 heavy (non-hydrogen) atoms. The zero-order valence-corrected chi connectivity index (χ0v) is 12.1. The molecule has 0 atom stereocenters. The second kappa shape index (κ2) is 6.84. The molecule has 0 aromatic heterocycles. The van der Waals surface area contributed by atoms with Gasteiger partial charge in [0.05, 0.1) is 15.5 Å². The van der Waals surface area contributed by atoms with Crippen LogP contribution in [0, 0.1) is 15.9 Å². The van der Waals surface area contributed by atoms with E-state index in [4.69, 9.17) is 11.6 Å². The number of carbonyl (C=O) groups is 2. The molecule has 7 nitrogen and oxygen atoms in total. The number of hydrogen-bond donors (Lipinski definition) is 2. The summed E-state index contributed by atoms with van der Waals surface area (Å²) in [5.41, 5.74) is 4.17. The van der Waals surface area contributed by atoms with E-state index in [1.54, 1.807) is 0 Å². The van der Waals surface area contributed by atoms with Crippen LogP contribution in [0.5, 0.6) is 0 Å². The molecule has 0 aliphatic rings. The third-order valence-electron chi connectivity index (χ3n) is 2.81. The Bertz CT molecular complexity index is 780. The zero-order valence-electron chi connectivity index (χ0n) is 11.4. The van der Waals surface area contributed by atoms with Crippen LogP contribution in [0.3, 0.4) is 0 Å². The van der Waals surface area contributed by atoms with Gasteiger partial charge in [-0.25, -0.2) is 4.39 Å². The molecule has 9 heteroatoms. The van der Waals surface area contributed by atoms with E-state index in [-0.39, 0.29) is 21.8 Å². The lowest BCUT2D eigenvalue weighted by atomic mass is 10.2. The molecule has 0 bridgehead atoms. The van der Waals surface area contributed by atoms with Crippen molar-refractivity contribution < 1.29 is 18.9 Å². The number of amides is 2. The number of nitro benzene ring substituents is 1. The molecule has 2 rings (SSSR count). The number of rotatable bonds is 3. The maximum Gasteiger partial charge on any atom is 0.271 e. The fourth-order valence-electron chi connectivity index (χ4n) is 1.66. The predicted octanol–water partition coefficient (Wildman–Crippen LogP) is 2.46. The molecule has 2 aromatic carbocycles. The SMILES string of the molecule is O=C(NNC(=O)c1ccc(F)cc1Cl)c1ccc([N+](=O)[O-])cc1. The van der Waals surface area contributed by atoms with Gasteiger partial charge in [-0.2, -0.15) is 0 Å². The summed E-state index contributed by atoms with van der Waals surface area (Å²) in [6.45, 7) is 0. The molecule has 2 amide bonds. The monoisotopic (exact) mass is 337 g/mol. The number of hydrazine groups is 1. The summed E-state index contributed by atoms with van der Waals surface area (Å²) in [6, 6.07) is 7.99. The quantitative estimate of drug-likeness (QED) is 0.663. The van der Waals surface area contributed by atoms with Gasteiger partial charge in [0.15, 0.2) is 0 Å². The third-order valence-corrected chi connectivity index (χ3v) is 3.12. The first-order valence-electron chi connectivity index (χ1n) is 6.18. The number of carbonyl (C=O) groups excluding carboxylic acids is 2. The summed E-state index contributed by atoms with van der Waals surface area (Å²) in [7, 11) is 0. The number of nitrogens with one attached hydrogen (secondary N) is 2. The number of benzene rings is 2. The van der Waals surface area contributed by atoms with E-state index in [1.807, 2.05) is 0 Å². The molecule has 0 saturated heterocycles. The number of non-ortho nitro benzene ring substituents is 1. The Morgan fingerprint density at radius 3 is 2.22 bits per heavy atom. The number of halogens is 2. The van der Waals surface area contributed by atoms with Crippen molar-refractivity contribution in [2.45, 2.75) is 0 Å². The van der Waals surface area contributed by atoms with Crippen molar-refractivity contribution in [3.05, 3.63) is 74.5 Å². The van der Waals surface area contributed by atoms with Gasteiger partial charge >= 0.3 is 0 Å². The lowest BCUT2D eigenvalue weighted by Gasteiger charge is -2.08. The van der Waals surface area contributed by atoms with Crippen LogP contribution in [0.1, 0.15) is 20.7 Å². The van der Waals surface area contributed by atoms with Crippen LogP contribution in [0.15, 0.2) is 42.5 Å². The highest BCUT2D eigenvalue weighted by molar-refractivity contribution is 6.33. The highest BCUT2D eigenvalue weighted by Gasteiger charge is 2.13. The Balaban J connectivity index is 2.00. The molecule has 0 aliphatic heterocycles. The molecule has 118 valence electrons. The minimum atomic E-state index is -0.731. The molecular weight excluding hydrogens is 329 g/mol. The van der Waals surface area contributed by atoms with E-state index in [9.17, 15) is 24.1 Å². The van der Waals surface area contributed by atoms with E-state index in [2.05, 4.69) is 10.9 Å². The van der Waals surface area contributed by atoms with Gasteiger partial charge in [0.2, 0.25) is 0 Å². The summed E-state index contributed by atoms with van der Waals surface area (Å²) in [5.74, 6) is -2.00. The summed E-state index contributed by atoms with van der Waals surface area (Å²) in [4.78, 5) is 33.6. The lowest BCUT2D eigenvalue weighted by molar-refractivity contribution is -0.384. The molecule has 0 spiro atoms. The average molecular weight is 338 g/mol. The van der Waals surface area contributed by atoms with Gasteiger partial charge in [0, 0.05) is 17.7 Å². The first kappa shape index (κ1) is 16.4. The first-order valence-corrected chi connectivity index (χ1v) is 6.56. The van der Waals surface area contributed by atoms with Crippen LogP contribution in [-0.4, -0.2) is 16.7 Å². The summed E-state index contributed by atoms with van der Waals surface area (Å²) < 4.78 is 12.9. The van der Waals surface area contributed by atoms with Gasteiger partial charge in [-0.15, -0.1) is 0 Å². The van der Waals surface area contributed by atoms with Crippen molar-refractivity contribution >= 4 is 29.1 Å². The lowest BCUT2D eigenvalue weighted by Crippen LogP contribution is -2.41. The van der Waals surface area contributed by atoms with Gasteiger partial charge in [-0.05, 0) is 30.3 Å². The van der Waals surface area contributed by atoms with Crippen LogP contribution in [0.25, 0.3) is 0 Å². The summed E-state index contributed by atoms with van der Waals surface area (Å²) in [6.07, 6.45) is 0. The van der Waals surface area contributed by atoms with Crippen molar-refractivity contribution in [3.8, 4) is 0 Å². The molecule has 0 fully saturated rings. The Kier molecular flexibility index (Phi) is 4.87. The number of nitrogens with zero attached hydrogens (tertiary/aromatic N) is 1. The Morgan fingerprint density at radius 1 is 1.04 bits per heavy atom. The summed E-state index contributed by atoms with van der Waals surface area (Å²) in [5, 5.41) is 10.4. The zero-order chi connectivity index (χ0) is 17.0. The molecule has 0 heterocycles. The van der Waals surface area contributed by atoms with Gasteiger partial charge in [-0.1, -0.05) is 11.6 Å². The fraction of sp³-hybridized carbons (Fsp3) is 0. The van der Waals surface area contributed by atoms with Crippen LogP contribution in [0.4, 0.5) is 10.1 Å². The van der Waals surface area contributed by atoms with Crippen molar-refractivity contribution in [2.75, 3.05) is 0 Å². The van der Waals surface area contributed by atoms with Crippen molar-refractivity contribution in [1.29, 1.82) is 0 Å². The largest absolute Gasteiger partial charge is 0.271 e. The van der Waals surface area contributed by atoms with Gasteiger partial charge < -0.3 is 0 Å². The van der Waals surface area contributed by atoms with E-state index in [0.717, 1.165) is 24.3 Å². The molecule has 0 aliphatic carbocycles. The second-order valence-corrected chi connectivity index (χ2v) is 4.74. The predicted molar refractivity (Wildman–Crippen MR) is 79.4 cm³/mol. The summed E-state index contributed by atoms with van der Waals surface area (Å²) >= 11 is 5.73. The topological polar surface area (TPSA) is 101 Å². The maximum atomic E-state index is 12.9. The number of nitro groups is 1. The van der Waals surface area contributed by atoms with E-state index in [1.165, 1.54) is 18.2 Å². The molecule has 0 unspecified atom stereocenters. The van der Waals surface area contributed by atoms with Crippen molar-refractivity contribution in [2.24, 2.45) is 0 Å². The smallest absolute Gasteiger partial charge is 0.267 e. The Labute approximate surface area is 134 Å². The molecule has 0 radical (unpaired) electrons. The van der Waals surface area contributed by atoms with Gasteiger partial charge in [0.1, 0.15) is 5.82 Å². The van der Waals surface area contributed by atoms with E-state index < -0.39 is 22.6 Å². The minimum absolute atomic E-state index is 0.0166.